The van der Waals surface area contributed by atoms with Crippen molar-refractivity contribution in [3.63, 3.8) is 0 Å². The topological polar surface area (TPSA) is 60.5 Å². The number of nitrogens with one attached hydrogen (secondary N) is 1. The average molecular weight is 339 g/mol. The van der Waals surface area contributed by atoms with Gasteiger partial charge in [-0.3, -0.25) is 4.79 Å². The van der Waals surface area contributed by atoms with Gasteiger partial charge in [-0.05, 0) is 24.3 Å². The molecular formula is C15H12Cl2N2O3. The monoisotopic (exact) mass is 338 g/mol. The van der Waals surface area contributed by atoms with Crippen molar-refractivity contribution in [3.8, 4) is 11.5 Å². The highest BCUT2D eigenvalue weighted by Crippen LogP contribution is 2.32. The molecule has 0 spiro atoms. The standard InChI is InChI=1S/C15H12Cl2N2O3/c16-10-3-5-13(17)19-14(10)15(20)18-9-2-4-11-12(8-9)22-7-1-6-21-11/h2-5,8H,1,6-7H2,(H,18,20). The molecule has 0 saturated heterocycles. The van der Waals surface area contributed by atoms with Crippen LogP contribution in [-0.4, -0.2) is 24.1 Å². The van der Waals surface area contributed by atoms with Crippen LogP contribution < -0.4 is 14.8 Å². The lowest BCUT2D eigenvalue weighted by molar-refractivity contribution is 0.102. The van der Waals surface area contributed by atoms with Gasteiger partial charge in [0.25, 0.3) is 5.91 Å². The first kappa shape index (κ1) is 14.9. The van der Waals surface area contributed by atoms with Crippen LogP contribution in [0.15, 0.2) is 30.3 Å². The summed E-state index contributed by atoms with van der Waals surface area (Å²) in [4.78, 5) is 16.2. The van der Waals surface area contributed by atoms with Crippen LogP contribution in [0.5, 0.6) is 11.5 Å². The first-order valence-electron chi connectivity index (χ1n) is 6.66. The molecule has 1 amide bonds. The molecule has 3 rings (SSSR count). The lowest BCUT2D eigenvalue weighted by atomic mass is 10.2. The number of anilines is 1. The molecule has 0 unspecified atom stereocenters. The largest absolute Gasteiger partial charge is 0.490 e. The third-order valence-corrected chi connectivity index (χ3v) is 3.55. The number of carbonyl (C=O) groups excluding carboxylic acids is 1. The zero-order chi connectivity index (χ0) is 15.5. The van der Waals surface area contributed by atoms with Crippen LogP contribution >= 0.6 is 23.2 Å². The van der Waals surface area contributed by atoms with Gasteiger partial charge in [-0.25, -0.2) is 4.98 Å². The van der Waals surface area contributed by atoms with Crippen LogP contribution in [0.4, 0.5) is 5.69 Å². The summed E-state index contributed by atoms with van der Waals surface area (Å²) in [6.07, 6.45) is 0.818. The molecule has 1 aliphatic rings. The first-order valence-corrected chi connectivity index (χ1v) is 7.42. The van der Waals surface area contributed by atoms with Crippen molar-refractivity contribution in [1.82, 2.24) is 4.98 Å². The van der Waals surface area contributed by atoms with Gasteiger partial charge in [0, 0.05) is 18.2 Å². The number of rotatable bonds is 2. The Morgan fingerprint density at radius 1 is 1.09 bits per heavy atom. The van der Waals surface area contributed by atoms with Crippen LogP contribution in [-0.2, 0) is 0 Å². The predicted octanol–water partition coefficient (Wildman–Crippen LogP) is 3.80. The van der Waals surface area contributed by atoms with E-state index in [2.05, 4.69) is 10.3 Å². The SMILES string of the molecule is O=C(Nc1ccc2c(c1)OCCCO2)c1nc(Cl)ccc1Cl. The minimum Gasteiger partial charge on any atom is -0.490 e. The molecule has 1 aromatic heterocycles. The zero-order valence-electron chi connectivity index (χ0n) is 11.4. The molecule has 7 heteroatoms. The molecule has 0 radical (unpaired) electrons. The average Bonchev–Trinajstić information content (AvgIpc) is 2.74. The van der Waals surface area contributed by atoms with E-state index in [4.69, 9.17) is 32.7 Å². The normalized spacial score (nSPS) is 13.4. The van der Waals surface area contributed by atoms with Crippen molar-refractivity contribution in [2.45, 2.75) is 6.42 Å². The molecule has 0 saturated carbocycles. The summed E-state index contributed by atoms with van der Waals surface area (Å²) >= 11 is 11.8. The number of nitrogens with zero attached hydrogens (tertiary/aromatic N) is 1. The van der Waals surface area contributed by atoms with Crippen molar-refractivity contribution in [2.75, 3.05) is 18.5 Å². The van der Waals surface area contributed by atoms with E-state index in [9.17, 15) is 4.79 Å². The lowest BCUT2D eigenvalue weighted by Gasteiger charge is -2.10. The number of ether oxygens (including phenoxy) is 2. The van der Waals surface area contributed by atoms with Gasteiger partial charge < -0.3 is 14.8 Å². The molecule has 2 aromatic rings. The second-order valence-electron chi connectivity index (χ2n) is 4.63. The number of hydrogen-bond donors (Lipinski definition) is 1. The highest BCUT2D eigenvalue weighted by Gasteiger charge is 2.15. The molecule has 0 bridgehead atoms. The maximum Gasteiger partial charge on any atom is 0.275 e. The van der Waals surface area contributed by atoms with E-state index in [1.54, 1.807) is 18.2 Å². The molecule has 0 aliphatic carbocycles. The van der Waals surface area contributed by atoms with E-state index in [0.717, 1.165) is 6.42 Å². The number of benzene rings is 1. The Bertz CT molecular complexity index is 722. The Morgan fingerprint density at radius 3 is 2.68 bits per heavy atom. The minimum absolute atomic E-state index is 0.0706. The molecule has 1 N–H and O–H groups in total. The van der Waals surface area contributed by atoms with Crippen LogP contribution in [0.3, 0.4) is 0 Å². The van der Waals surface area contributed by atoms with E-state index in [1.165, 1.54) is 12.1 Å². The molecule has 1 aliphatic heterocycles. The fraction of sp³-hybridized carbons (Fsp3) is 0.200. The minimum atomic E-state index is -0.443. The van der Waals surface area contributed by atoms with E-state index in [0.29, 0.717) is 30.4 Å². The fourth-order valence-corrected chi connectivity index (χ4v) is 2.35. The van der Waals surface area contributed by atoms with Gasteiger partial charge in [0.2, 0.25) is 0 Å². The van der Waals surface area contributed by atoms with Crippen LogP contribution in [0.2, 0.25) is 10.2 Å². The van der Waals surface area contributed by atoms with E-state index in [-0.39, 0.29) is 15.9 Å². The highest BCUT2D eigenvalue weighted by atomic mass is 35.5. The maximum absolute atomic E-state index is 12.2. The van der Waals surface area contributed by atoms with Gasteiger partial charge in [0.05, 0.1) is 18.2 Å². The number of aromatic nitrogens is 1. The van der Waals surface area contributed by atoms with Crippen LogP contribution in [0, 0.1) is 0 Å². The Morgan fingerprint density at radius 2 is 1.86 bits per heavy atom. The van der Waals surface area contributed by atoms with E-state index >= 15 is 0 Å². The number of halogens is 2. The smallest absolute Gasteiger partial charge is 0.275 e. The Balaban J connectivity index is 1.82. The lowest BCUT2D eigenvalue weighted by Crippen LogP contribution is -2.14. The summed E-state index contributed by atoms with van der Waals surface area (Å²) in [7, 11) is 0. The molecule has 0 atom stereocenters. The second kappa shape index (κ2) is 6.42. The molecule has 2 heterocycles. The van der Waals surface area contributed by atoms with Gasteiger partial charge in [-0.15, -0.1) is 0 Å². The summed E-state index contributed by atoms with van der Waals surface area (Å²) < 4.78 is 11.1. The molecule has 5 nitrogen and oxygen atoms in total. The van der Waals surface area contributed by atoms with E-state index < -0.39 is 5.91 Å². The summed E-state index contributed by atoms with van der Waals surface area (Å²) in [5.41, 5.74) is 0.633. The molecular weight excluding hydrogens is 327 g/mol. The van der Waals surface area contributed by atoms with Crippen LogP contribution in [0.25, 0.3) is 0 Å². The Labute approximate surface area is 137 Å². The molecule has 22 heavy (non-hydrogen) atoms. The Hall–Kier alpha value is -1.98. The maximum atomic E-state index is 12.2. The van der Waals surface area contributed by atoms with Gasteiger partial charge in [-0.2, -0.15) is 0 Å². The van der Waals surface area contributed by atoms with Gasteiger partial charge >= 0.3 is 0 Å². The van der Waals surface area contributed by atoms with Gasteiger partial charge in [-0.1, -0.05) is 23.2 Å². The summed E-state index contributed by atoms with van der Waals surface area (Å²) in [6.45, 7) is 1.19. The number of carbonyl (C=O) groups is 1. The van der Waals surface area contributed by atoms with Gasteiger partial charge in [0.15, 0.2) is 11.5 Å². The van der Waals surface area contributed by atoms with Gasteiger partial charge in [0.1, 0.15) is 10.8 Å². The quantitative estimate of drug-likeness (QED) is 0.846. The molecule has 1 aromatic carbocycles. The summed E-state index contributed by atoms with van der Waals surface area (Å²) in [5, 5.41) is 3.15. The Kier molecular flexibility index (Phi) is 4.36. The van der Waals surface area contributed by atoms with Crippen molar-refractivity contribution in [1.29, 1.82) is 0 Å². The second-order valence-corrected chi connectivity index (χ2v) is 5.42. The van der Waals surface area contributed by atoms with Crippen LogP contribution in [0.1, 0.15) is 16.9 Å². The number of pyridine rings is 1. The number of amides is 1. The van der Waals surface area contributed by atoms with Crippen molar-refractivity contribution >= 4 is 34.8 Å². The van der Waals surface area contributed by atoms with Crippen molar-refractivity contribution in [3.05, 3.63) is 46.2 Å². The summed E-state index contributed by atoms with van der Waals surface area (Å²) in [6, 6.07) is 8.23. The highest BCUT2D eigenvalue weighted by molar-refractivity contribution is 6.35. The third kappa shape index (κ3) is 3.26. The first-order chi connectivity index (χ1) is 10.6. The molecule has 114 valence electrons. The number of fused-ring (bicyclic) bond motifs is 1. The van der Waals surface area contributed by atoms with E-state index in [1.807, 2.05) is 0 Å². The zero-order valence-corrected chi connectivity index (χ0v) is 12.9. The van der Waals surface area contributed by atoms with Crippen molar-refractivity contribution in [2.24, 2.45) is 0 Å². The fourth-order valence-electron chi connectivity index (χ4n) is 2.01. The third-order valence-electron chi connectivity index (χ3n) is 3.03. The van der Waals surface area contributed by atoms with Crippen molar-refractivity contribution < 1.29 is 14.3 Å². The molecule has 0 fully saturated rings. The number of hydrogen-bond acceptors (Lipinski definition) is 4. The summed E-state index contributed by atoms with van der Waals surface area (Å²) in [5.74, 6) is 0.817. The predicted molar refractivity (Wildman–Crippen MR) is 84.3 cm³/mol.